The van der Waals surface area contributed by atoms with E-state index < -0.39 is 0 Å². The van der Waals surface area contributed by atoms with Gasteiger partial charge in [-0.1, -0.05) is 12.1 Å². The van der Waals surface area contributed by atoms with Gasteiger partial charge in [-0.15, -0.1) is 0 Å². The third-order valence-electron chi connectivity index (χ3n) is 5.31. The van der Waals surface area contributed by atoms with E-state index in [4.69, 9.17) is 0 Å². The fourth-order valence-electron chi connectivity index (χ4n) is 3.53. The van der Waals surface area contributed by atoms with Gasteiger partial charge in [0, 0.05) is 44.3 Å². The highest BCUT2D eigenvalue weighted by atomic mass is 16.1. The van der Waals surface area contributed by atoms with Crippen molar-refractivity contribution < 1.29 is 4.79 Å². The third-order valence-corrected chi connectivity index (χ3v) is 5.31. The van der Waals surface area contributed by atoms with Crippen molar-refractivity contribution in [3.05, 3.63) is 29.8 Å². The Hall–Kier alpha value is -2.24. The smallest absolute Gasteiger partial charge is 0.220 e. The van der Waals surface area contributed by atoms with Crippen molar-refractivity contribution in [3.63, 3.8) is 0 Å². The lowest BCUT2D eigenvalue weighted by molar-refractivity contribution is -0.121. The molecule has 6 heteroatoms. The Morgan fingerprint density at radius 1 is 1.29 bits per heavy atom. The van der Waals surface area contributed by atoms with Crippen molar-refractivity contribution in [1.29, 1.82) is 0 Å². The molecule has 1 aromatic carbocycles. The van der Waals surface area contributed by atoms with Crippen LogP contribution in [0, 0.1) is 0 Å². The van der Waals surface area contributed by atoms with Crippen LogP contribution >= 0.6 is 0 Å². The summed E-state index contributed by atoms with van der Waals surface area (Å²) in [6, 6.07) is 9.40. The summed E-state index contributed by atoms with van der Waals surface area (Å²) in [4.78, 5) is 18.9. The summed E-state index contributed by atoms with van der Waals surface area (Å²) in [5.41, 5.74) is 2.58. The van der Waals surface area contributed by atoms with Crippen LogP contribution in [0.5, 0.6) is 0 Å². The first kappa shape index (κ1) is 20.5. The first-order valence-corrected chi connectivity index (χ1v) is 10.8. The molecule has 1 atom stereocenters. The van der Waals surface area contributed by atoms with Crippen molar-refractivity contribution in [1.82, 2.24) is 16.0 Å². The van der Waals surface area contributed by atoms with Crippen LogP contribution in [0.2, 0.25) is 0 Å². The maximum Gasteiger partial charge on any atom is 0.220 e. The molecule has 2 fully saturated rings. The second-order valence-corrected chi connectivity index (χ2v) is 7.86. The third kappa shape index (κ3) is 6.43. The average molecular weight is 386 g/mol. The zero-order chi connectivity index (χ0) is 19.8. The van der Waals surface area contributed by atoms with Gasteiger partial charge in [0.25, 0.3) is 0 Å². The second-order valence-electron chi connectivity index (χ2n) is 7.86. The molecule has 1 amide bonds. The Morgan fingerprint density at radius 2 is 2.07 bits per heavy atom. The number of anilines is 1. The van der Waals surface area contributed by atoms with Crippen molar-refractivity contribution in [2.24, 2.45) is 4.99 Å². The van der Waals surface area contributed by atoms with Crippen LogP contribution in [-0.2, 0) is 4.79 Å². The van der Waals surface area contributed by atoms with Crippen molar-refractivity contribution in [3.8, 4) is 0 Å². The number of rotatable bonds is 9. The van der Waals surface area contributed by atoms with Crippen LogP contribution < -0.4 is 20.9 Å². The zero-order valence-corrected chi connectivity index (χ0v) is 17.3. The molecule has 3 rings (SSSR count). The topological polar surface area (TPSA) is 68.8 Å². The van der Waals surface area contributed by atoms with E-state index in [1.165, 1.54) is 24.1 Å². The SMILES string of the molecule is CCNC(=NCCCC(=O)NC1CC1)NC(C)c1cccc(N2CCCC2)c1. The first-order valence-electron chi connectivity index (χ1n) is 10.8. The highest BCUT2D eigenvalue weighted by Gasteiger charge is 2.22. The summed E-state index contributed by atoms with van der Waals surface area (Å²) in [5.74, 6) is 0.965. The minimum Gasteiger partial charge on any atom is -0.372 e. The summed E-state index contributed by atoms with van der Waals surface area (Å²) in [5, 5.41) is 9.84. The number of nitrogens with one attached hydrogen (secondary N) is 3. The number of carbonyl (C=O) groups is 1. The summed E-state index contributed by atoms with van der Waals surface area (Å²) in [6.45, 7) is 8.01. The summed E-state index contributed by atoms with van der Waals surface area (Å²) >= 11 is 0. The molecule has 0 radical (unpaired) electrons. The number of nitrogens with zero attached hydrogens (tertiary/aromatic N) is 2. The molecule has 0 spiro atoms. The Kier molecular flexibility index (Phi) is 7.57. The van der Waals surface area contributed by atoms with E-state index >= 15 is 0 Å². The summed E-state index contributed by atoms with van der Waals surface area (Å²) < 4.78 is 0. The summed E-state index contributed by atoms with van der Waals surface area (Å²) in [7, 11) is 0. The number of aliphatic imine (C=N–C) groups is 1. The van der Waals surface area contributed by atoms with Gasteiger partial charge in [-0.25, -0.2) is 0 Å². The molecule has 6 nitrogen and oxygen atoms in total. The lowest BCUT2D eigenvalue weighted by Crippen LogP contribution is -2.39. The first-order chi connectivity index (χ1) is 13.7. The predicted molar refractivity (Wildman–Crippen MR) is 116 cm³/mol. The van der Waals surface area contributed by atoms with Crippen LogP contribution in [0.15, 0.2) is 29.3 Å². The monoisotopic (exact) mass is 385 g/mol. The van der Waals surface area contributed by atoms with E-state index in [2.05, 4.69) is 64.0 Å². The van der Waals surface area contributed by atoms with E-state index in [1.807, 2.05) is 0 Å². The van der Waals surface area contributed by atoms with Gasteiger partial charge in [-0.2, -0.15) is 0 Å². The number of hydrogen-bond acceptors (Lipinski definition) is 3. The average Bonchev–Trinajstić information content (AvgIpc) is 3.33. The van der Waals surface area contributed by atoms with E-state index in [0.29, 0.717) is 19.0 Å². The zero-order valence-electron chi connectivity index (χ0n) is 17.3. The fourth-order valence-corrected chi connectivity index (χ4v) is 3.53. The molecular weight excluding hydrogens is 350 g/mol. The van der Waals surface area contributed by atoms with Crippen LogP contribution in [0.3, 0.4) is 0 Å². The number of benzene rings is 1. The number of amides is 1. The van der Waals surface area contributed by atoms with Crippen LogP contribution in [0.1, 0.15) is 64.0 Å². The molecule has 154 valence electrons. The Labute approximate surface area is 169 Å². The molecule has 2 aliphatic rings. The van der Waals surface area contributed by atoms with E-state index in [0.717, 1.165) is 44.9 Å². The van der Waals surface area contributed by atoms with Gasteiger partial charge in [0.2, 0.25) is 5.91 Å². The molecule has 0 bridgehead atoms. The molecule has 28 heavy (non-hydrogen) atoms. The maximum absolute atomic E-state index is 11.8. The molecule has 1 unspecified atom stereocenters. The number of carbonyl (C=O) groups excluding carboxylic acids is 1. The largest absolute Gasteiger partial charge is 0.372 e. The van der Waals surface area contributed by atoms with Gasteiger partial charge >= 0.3 is 0 Å². The standard InChI is InChI=1S/C22H35N5O/c1-3-23-22(24-13-7-10-21(28)26-19-11-12-19)25-17(2)18-8-6-9-20(16-18)27-14-4-5-15-27/h6,8-9,16-17,19H,3-5,7,10-15H2,1-2H3,(H,26,28)(H2,23,24,25). The van der Waals surface area contributed by atoms with Crippen molar-refractivity contribution in [2.75, 3.05) is 31.1 Å². The van der Waals surface area contributed by atoms with E-state index in [1.54, 1.807) is 0 Å². The molecule has 1 saturated carbocycles. The second kappa shape index (κ2) is 10.3. The van der Waals surface area contributed by atoms with Crippen molar-refractivity contribution in [2.45, 2.75) is 64.5 Å². The molecular formula is C22H35N5O. The molecule has 1 aliphatic heterocycles. The van der Waals surface area contributed by atoms with Gasteiger partial charge in [-0.3, -0.25) is 9.79 Å². The fraction of sp³-hybridized carbons (Fsp3) is 0.636. The Balaban J connectivity index is 1.50. The minimum atomic E-state index is 0.155. The van der Waals surface area contributed by atoms with Gasteiger partial charge < -0.3 is 20.9 Å². The number of hydrogen-bond donors (Lipinski definition) is 3. The predicted octanol–water partition coefficient (Wildman–Crippen LogP) is 2.96. The lowest BCUT2D eigenvalue weighted by Gasteiger charge is -2.22. The molecule has 1 saturated heterocycles. The highest BCUT2D eigenvalue weighted by Crippen LogP contribution is 2.24. The Morgan fingerprint density at radius 3 is 2.79 bits per heavy atom. The quantitative estimate of drug-likeness (QED) is 0.347. The molecule has 0 aromatic heterocycles. The summed E-state index contributed by atoms with van der Waals surface area (Å²) in [6.07, 6.45) is 6.16. The van der Waals surface area contributed by atoms with Crippen LogP contribution in [0.4, 0.5) is 5.69 Å². The van der Waals surface area contributed by atoms with Crippen LogP contribution in [0.25, 0.3) is 0 Å². The van der Waals surface area contributed by atoms with Gasteiger partial charge in [-0.05, 0) is 63.6 Å². The normalized spacial score (nSPS) is 18.1. The lowest BCUT2D eigenvalue weighted by atomic mass is 10.1. The van der Waals surface area contributed by atoms with Gasteiger partial charge in [0.15, 0.2) is 5.96 Å². The minimum absolute atomic E-state index is 0.155. The maximum atomic E-state index is 11.8. The van der Waals surface area contributed by atoms with Crippen LogP contribution in [-0.4, -0.2) is 44.1 Å². The van der Waals surface area contributed by atoms with Gasteiger partial charge in [0.1, 0.15) is 0 Å². The molecule has 1 heterocycles. The molecule has 3 N–H and O–H groups in total. The Bertz CT molecular complexity index is 665. The highest BCUT2D eigenvalue weighted by molar-refractivity contribution is 5.80. The molecule has 1 aliphatic carbocycles. The van der Waals surface area contributed by atoms with Gasteiger partial charge in [0.05, 0.1) is 6.04 Å². The molecule has 1 aromatic rings. The van der Waals surface area contributed by atoms with Crippen molar-refractivity contribution >= 4 is 17.6 Å². The van der Waals surface area contributed by atoms with E-state index in [-0.39, 0.29) is 11.9 Å². The number of guanidine groups is 1. The van der Waals surface area contributed by atoms with E-state index in [9.17, 15) is 4.79 Å².